The second-order valence-electron chi connectivity index (χ2n) is 4.30. The quantitative estimate of drug-likeness (QED) is 0.431. The summed E-state index contributed by atoms with van der Waals surface area (Å²) in [6.45, 7) is 8.65. The lowest BCUT2D eigenvalue weighted by atomic mass is 10.0. The van der Waals surface area contributed by atoms with E-state index in [0.29, 0.717) is 18.4 Å². The molecule has 0 aliphatic rings. The lowest BCUT2D eigenvalue weighted by Gasteiger charge is -2.20. The van der Waals surface area contributed by atoms with Gasteiger partial charge in [0.1, 0.15) is 6.10 Å². The zero-order valence-corrected chi connectivity index (χ0v) is 11.3. The summed E-state index contributed by atoms with van der Waals surface area (Å²) in [4.78, 5) is 11.2. The normalized spacial score (nSPS) is 15.1. The van der Waals surface area contributed by atoms with E-state index < -0.39 is 16.1 Å². The van der Waals surface area contributed by atoms with Gasteiger partial charge >= 0.3 is 5.97 Å². The molecule has 0 spiro atoms. The Morgan fingerprint density at radius 2 is 1.94 bits per heavy atom. The van der Waals surface area contributed by atoms with Crippen LogP contribution in [0.15, 0.2) is 12.2 Å². The smallest absolute Gasteiger partial charge is 0.333 e. The van der Waals surface area contributed by atoms with Crippen molar-refractivity contribution in [1.29, 1.82) is 0 Å². The molecule has 0 heterocycles. The van der Waals surface area contributed by atoms with Crippen molar-refractivity contribution in [3.05, 3.63) is 12.2 Å². The Morgan fingerprint density at radius 3 is 2.35 bits per heavy atom. The molecule has 0 aliphatic carbocycles. The van der Waals surface area contributed by atoms with Crippen molar-refractivity contribution in [1.82, 2.24) is 0 Å². The van der Waals surface area contributed by atoms with Crippen molar-refractivity contribution >= 4 is 16.1 Å². The highest BCUT2D eigenvalue weighted by Crippen LogP contribution is 2.15. The maximum Gasteiger partial charge on any atom is 0.333 e. The lowest BCUT2D eigenvalue weighted by Crippen LogP contribution is -2.23. The minimum absolute atomic E-state index is 0.0278. The van der Waals surface area contributed by atoms with Crippen LogP contribution >= 0.6 is 0 Å². The van der Waals surface area contributed by atoms with E-state index in [1.165, 1.54) is 0 Å². The number of carbonyl (C=O) groups is 1. The maximum atomic E-state index is 11.2. The third-order valence-electron chi connectivity index (χ3n) is 2.50. The van der Waals surface area contributed by atoms with Gasteiger partial charge in [-0.3, -0.25) is 4.55 Å². The highest BCUT2D eigenvalue weighted by Gasteiger charge is 2.17. The molecular formula is C11H20O5S. The Labute approximate surface area is 103 Å². The van der Waals surface area contributed by atoms with Crippen LogP contribution < -0.4 is 0 Å². The van der Waals surface area contributed by atoms with Gasteiger partial charge < -0.3 is 4.74 Å². The molecule has 0 saturated heterocycles. The summed E-state index contributed by atoms with van der Waals surface area (Å²) in [5.41, 5.74) is 0.335. The van der Waals surface area contributed by atoms with Crippen molar-refractivity contribution in [3.8, 4) is 0 Å². The molecule has 17 heavy (non-hydrogen) atoms. The SMILES string of the molecule is C=C(C)C(=O)OC(C)C(C)CCCS(=O)(=O)O. The van der Waals surface area contributed by atoms with Gasteiger partial charge in [0.25, 0.3) is 10.1 Å². The first-order valence-electron chi connectivity index (χ1n) is 5.45. The van der Waals surface area contributed by atoms with E-state index in [1.807, 2.05) is 6.92 Å². The predicted molar refractivity (Wildman–Crippen MR) is 65.2 cm³/mol. The highest BCUT2D eigenvalue weighted by atomic mass is 32.2. The van der Waals surface area contributed by atoms with Crippen LogP contribution in [0.1, 0.15) is 33.6 Å². The molecule has 1 N–H and O–H groups in total. The first-order valence-corrected chi connectivity index (χ1v) is 7.06. The Hall–Kier alpha value is -0.880. The average Bonchev–Trinajstić information content (AvgIpc) is 2.15. The minimum atomic E-state index is -3.90. The summed E-state index contributed by atoms with van der Waals surface area (Å²) in [6.07, 6.45) is 0.597. The van der Waals surface area contributed by atoms with Gasteiger partial charge in [-0.1, -0.05) is 13.5 Å². The number of hydrogen-bond acceptors (Lipinski definition) is 4. The van der Waals surface area contributed by atoms with Gasteiger partial charge in [-0.25, -0.2) is 4.79 Å². The number of rotatable bonds is 7. The van der Waals surface area contributed by atoms with Crippen LogP contribution in [-0.4, -0.2) is 30.8 Å². The summed E-state index contributed by atoms with van der Waals surface area (Å²) in [5.74, 6) is -0.683. The van der Waals surface area contributed by atoms with E-state index in [4.69, 9.17) is 9.29 Å². The predicted octanol–water partition coefficient (Wildman–Crippen LogP) is 1.80. The van der Waals surface area contributed by atoms with Crippen LogP contribution in [0.2, 0.25) is 0 Å². The third-order valence-corrected chi connectivity index (χ3v) is 3.31. The molecule has 6 heteroatoms. The molecule has 0 aromatic carbocycles. The molecule has 2 atom stereocenters. The molecule has 0 bridgehead atoms. The van der Waals surface area contributed by atoms with Gasteiger partial charge in [0.2, 0.25) is 0 Å². The van der Waals surface area contributed by atoms with Crippen LogP contribution in [0.3, 0.4) is 0 Å². The Balaban J connectivity index is 4.02. The molecule has 0 saturated carbocycles. The zero-order chi connectivity index (χ0) is 13.6. The van der Waals surface area contributed by atoms with Gasteiger partial charge in [0.05, 0.1) is 5.75 Å². The molecule has 0 amide bonds. The largest absolute Gasteiger partial charge is 0.459 e. The Bertz CT molecular complexity index is 371. The molecule has 0 aromatic rings. The summed E-state index contributed by atoms with van der Waals surface area (Å²) < 4.78 is 34.7. The van der Waals surface area contributed by atoms with Gasteiger partial charge in [-0.2, -0.15) is 8.42 Å². The van der Waals surface area contributed by atoms with E-state index in [0.717, 1.165) is 0 Å². The van der Waals surface area contributed by atoms with E-state index in [-0.39, 0.29) is 17.8 Å². The Morgan fingerprint density at radius 1 is 1.41 bits per heavy atom. The van der Waals surface area contributed by atoms with Crippen LogP contribution in [0.25, 0.3) is 0 Å². The van der Waals surface area contributed by atoms with Crippen molar-refractivity contribution in [3.63, 3.8) is 0 Å². The molecular weight excluding hydrogens is 244 g/mol. The van der Waals surface area contributed by atoms with Crippen LogP contribution in [0.5, 0.6) is 0 Å². The van der Waals surface area contributed by atoms with E-state index >= 15 is 0 Å². The fraction of sp³-hybridized carbons (Fsp3) is 0.727. The molecule has 0 aliphatic heterocycles. The van der Waals surface area contributed by atoms with Crippen molar-refractivity contribution in [2.45, 2.75) is 39.7 Å². The molecule has 0 radical (unpaired) electrons. The average molecular weight is 264 g/mol. The molecule has 0 rings (SSSR count). The third kappa shape index (κ3) is 7.93. The summed E-state index contributed by atoms with van der Waals surface area (Å²) in [6, 6.07) is 0. The molecule has 0 fully saturated rings. The van der Waals surface area contributed by atoms with Gasteiger partial charge in [-0.15, -0.1) is 0 Å². The molecule has 100 valence electrons. The second-order valence-corrected chi connectivity index (χ2v) is 5.87. The van der Waals surface area contributed by atoms with E-state index in [9.17, 15) is 13.2 Å². The minimum Gasteiger partial charge on any atom is -0.459 e. The van der Waals surface area contributed by atoms with E-state index in [1.54, 1.807) is 13.8 Å². The monoisotopic (exact) mass is 264 g/mol. The molecule has 2 unspecified atom stereocenters. The second kappa shape index (κ2) is 6.76. The summed E-state index contributed by atoms with van der Waals surface area (Å²) in [7, 11) is -3.90. The number of esters is 1. The van der Waals surface area contributed by atoms with Crippen molar-refractivity contribution < 1.29 is 22.5 Å². The lowest BCUT2D eigenvalue weighted by molar-refractivity contribution is -0.145. The molecule has 0 aromatic heterocycles. The first kappa shape index (κ1) is 16.1. The Kier molecular flexibility index (Phi) is 6.41. The zero-order valence-electron chi connectivity index (χ0n) is 10.5. The van der Waals surface area contributed by atoms with Crippen molar-refractivity contribution in [2.75, 3.05) is 5.75 Å². The summed E-state index contributed by atoms with van der Waals surface area (Å²) in [5, 5.41) is 0. The fourth-order valence-corrected chi connectivity index (χ4v) is 1.74. The van der Waals surface area contributed by atoms with Gasteiger partial charge in [-0.05, 0) is 32.6 Å². The first-order chi connectivity index (χ1) is 7.63. The van der Waals surface area contributed by atoms with E-state index in [2.05, 4.69) is 6.58 Å². The number of ether oxygens (including phenoxy) is 1. The van der Waals surface area contributed by atoms with Gasteiger partial charge in [0, 0.05) is 5.57 Å². The number of hydrogen-bond donors (Lipinski definition) is 1. The van der Waals surface area contributed by atoms with Crippen molar-refractivity contribution in [2.24, 2.45) is 5.92 Å². The fourth-order valence-electron chi connectivity index (χ4n) is 1.21. The standard InChI is InChI=1S/C11H20O5S/c1-8(2)11(12)16-10(4)9(3)6-5-7-17(13,14)15/h9-10H,1,5-7H2,2-4H3,(H,13,14,15). The molecule has 5 nitrogen and oxygen atoms in total. The maximum absolute atomic E-state index is 11.2. The highest BCUT2D eigenvalue weighted by molar-refractivity contribution is 7.85. The summed E-state index contributed by atoms with van der Waals surface area (Å²) >= 11 is 0. The van der Waals surface area contributed by atoms with Crippen LogP contribution in [0.4, 0.5) is 0 Å². The topological polar surface area (TPSA) is 80.7 Å². The van der Waals surface area contributed by atoms with Crippen LogP contribution in [-0.2, 0) is 19.6 Å². The van der Waals surface area contributed by atoms with Crippen LogP contribution in [0, 0.1) is 5.92 Å². The van der Waals surface area contributed by atoms with Gasteiger partial charge in [0.15, 0.2) is 0 Å². The number of carbonyl (C=O) groups excluding carboxylic acids is 1.